The summed E-state index contributed by atoms with van der Waals surface area (Å²) in [5, 5.41) is 0. The maximum Gasteiger partial charge on any atom is 0.338 e. The van der Waals surface area contributed by atoms with Crippen LogP contribution in [-0.2, 0) is 4.74 Å². The van der Waals surface area contributed by atoms with Crippen LogP contribution < -0.4 is 0 Å². The molecule has 5 rings (SSSR count). The molecule has 3 nitrogen and oxygen atoms in total. The van der Waals surface area contributed by atoms with E-state index in [9.17, 15) is 4.79 Å². The monoisotopic (exact) mass is 285 g/mol. The van der Waals surface area contributed by atoms with Crippen molar-refractivity contribution in [3.8, 4) is 0 Å². The fourth-order valence-electron chi connectivity index (χ4n) is 5.52. The predicted octanol–water partition coefficient (Wildman–Crippen LogP) is 3.11. The maximum absolute atomic E-state index is 12.6. The summed E-state index contributed by atoms with van der Waals surface area (Å²) in [4.78, 5) is 14.9. The van der Waals surface area contributed by atoms with Crippen LogP contribution in [0, 0.1) is 11.8 Å². The van der Waals surface area contributed by atoms with E-state index in [-0.39, 0.29) is 17.1 Å². The van der Waals surface area contributed by atoms with Crippen molar-refractivity contribution in [2.24, 2.45) is 11.8 Å². The molecule has 0 spiro atoms. The average Bonchev–Trinajstić information content (AvgIpc) is 2.81. The van der Waals surface area contributed by atoms with Gasteiger partial charge in [0, 0.05) is 0 Å². The van der Waals surface area contributed by atoms with E-state index in [1.807, 2.05) is 30.3 Å². The smallest absolute Gasteiger partial charge is 0.338 e. The third-order valence-electron chi connectivity index (χ3n) is 6.16. The molecule has 4 atom stereocenters. The van der Waals surface area contributed by atoms with E-state index in [0.717, 1.165) is 24.7 Å². The fourth-order valence-corrected chi connectivity index (χ4v) is 5.52. The van der Waals surface area contributed by atoms with Gasteiger partial charge in [-0.2, -0.15) is 0 Å². The van der Waals surface area contributed by atoms with Crippen LogP contribution in [0.5, 0.6) is 0 Å². The lowest BCUT2D eigenvalue weighted by molar-refractivity contribution is -0.0758. The number of hydrogen-bond acceptors (Lipinski definition) is 3. The zero-order valence-corrected chi connectivity index (χ0v) is 12.8. The van der Waals surface area contributed by atoms with Crippen molar-refractivity contribution in [3.63, 3.8) is 0 Å². The van der Waals surface area contributed by atoms with E-state index in [1.54, 1.807) is 0 Å². The molecule has 112 valence electrons. The molecule has 0 aromatic heterocycles. The minimum absolute atomic E-state index is 0.0744. The second kappa shape index (κ2) is 4.33. The van der Waals surface area contributed by atoms with Gasteiger partial charge in [0.05, 0.1) is 11.1 Å². The summed E-state index contributed by atoms with van der Waals surface area (Å²) in [5.41, 5.74) is 0.495. The quantitative estimate of drug-likeness (QED) is 0.799. The van der Waals surface area contributed by atoms with Crippen LogP contribution in [-0.4, -0.2) is 36.1 Å². The van der Waals surface area contributed by atoms with Gasteiger partial charge in [0.2, 0.25) is 0 Å². The molecule has 4 saturated carbocycles. The molecule has 2 unspecified atom stereocenters. The maximum atomic E-state index is 12.6. The van der Waals surface area contributed by atoms with Crippen LogP contribution in [0.1, 0.15) is 42.5 Å². The Kier molecular flexibility index (Phi) is 2.74. The van der Waals surface area contributed by atoms with Crippen molar-refractivity contribution in [3.05, 3.63) is 35.9 Å². The summed E-state index contributed by atoms with van der Waals surface area (Å²) in [6.45, 7) is 0. The van der Waals surface area contributed by atoms with E-state index in [4.69, 9.17) is 4.74 Å². The fraction of sp³-hybridized carbons (Fsp3) is 0.611. The number of carbonyl (C=O) groups is 1. The van der Waals surface area contributed by atoms with Crippen molar-refractivity contribution in [1.29, 1.82) is 0 Å². The molecule has 4 fully saturated rings. The summed E-state index contributed by atoms with van der Waals surface area (Å²) in [6, 6.07) is 9.42. The summed E-state index contributed by atoms with van der Waals surface area (Å²) in [7, 11) is 4.31. The number of benzene rings is 1. The van der Waals surface area contributed by atoms with Gasteiger partial charge in [-0.3, -0.25) is 0 Å². The first-order valence-electron chi connectivity index (χ1n) is 8.00. The second-order valence-corrected chi connectivity index (χ2v) is 7.46. The number of esters is 1. The molecule has 4 aliphatic carbocycles. The number of ether oxygens (including phenoxy) is 1. The summed E-state index contributed by atoms with van der Waals surface area (Å²) in [6.07, 6.45) is 5.83. The molecule has 4 aliphatic rings. The standard InChI is InChI=1S/C18H23NO2/c1-19(2)17-9-13-8-14(10-17)12-18(17,11-13)21-16(20)15-6-4-3-5-7-15/h3-7,13-14H,8-12H2,1-2H3/t13-,14+,17?,18?. The number of nitrogens with zero attached hydrogens (tertiary/aromatic N) is 1. The zero-order valence-electron chi connectivity index (χ0n) is 12.8. The van der Waals surface area contributed by atoms with Gasteiger partial charge in [-0.1, -0.05) is 18.2 Å². The van der Waals surface area contributed by atoms with Crippen LogP contribution in [0.3, 0.4) is 0 Å². The van der Waals surface area contributed by atoms with Gasteiger partial charge in [0.25, 0.3) is 0 Å². The lowest BCUT2D eigenvalue weighted by atomic mass is 9.80. The summed E-state index contributed by atoms with van der Waals surface area (Å²) >= 11 is 0. The van der Waals surface area contributed by atoms with Gasteiger partial charge in [0.15, 0.2) is 0 Å². The molecule has 0 radical (unpaired) electrons. The van der Waals surface area contributed by atoms with Crippen LogP contribution in [0.15, 0.2) is 30.3 Å². The number of carbonyl (C=O) groups excluding carboxylic acids is 1. The molecule has 1 aromatic rings. The second-order valence-electron chi connectivity index (χ2n) is 7.46. The van der Waals surface area contributed by atoms with Gasteiger partial charge in [-0.25, -0.2) is 4.79 Å². The number of rotatable bonds is 3. The third kappa shape index (κ3) is 1.73. The Morgan fingerprint density at radius 2 is 1.71 bits per heavy atom. The molecule has 4 bridgehead atoms. The van der Waals surface area contributed by atoms with E-state index in [2.05, 4.69) is 19.0 Å². The van der Waals surface area contributed by atoms with Gasteiger partial charge >= 0.3 is 5.97 Å². The Bertz CT molecular complexity index is 552. The summed E-state index contributed by atoms with van der Waals surface area (Å²) in [5.74, 6) is 1.33. The van der Waals surface area contributed by atoms with Gasteiger partial charge in [-0.05, 0) is 70.2 Å². The first-order valence-corrected chi connectivity index (χ1v) is 8.00. The molecule has 0 saturated heterocycles. The Hall–Kier alpha value is -1.35. The molecule has 3 heteroatoms. The minimum Gasteiger partial charge on any atom is -0.453 e. The van der Waals surface area contributed by atoms with E-state index in [1.165, 1.54) is 19.3 Å². The Morgan fingerprint density at radius 3 is 2.29 bits per heavy atom. The minimum atomic E-state index is -0.253. The largest absolute Gasteiger partial charge is 0.453 e. The molecule has 21 heavy (non-hydrogen) atoms. The Labute approximate surface area is 126 Å². The molecule has 0 aliphatic heterocycles. The van der Waals surface area contributed by atoms with Crippen molar-refractivity contribution in [1.82, 2.24) is 4.90 Å². The first-order chi connectivity index (χ1) is 10.0. The topological polar surface area (TPSA) is 29.5 Å². The molecule has 0 amide bonds. The average molecular weight is 285 g/mol. The van der Waals surface area contributed by atoms with E-state index in [0.29, 0.717) is 5.56 Å². The normalized spacial score (nSPS) is 40.0. The van der Waals surface area contributed by atoms with Crippen molar-refractivity contribution < 1.29 is 9.53 Å². The molecular weight excluding hydrogens is 262 g/mol. The highest BCUT2D eigenvalue weighted by Gasteiger charge is 2.70. The van der Waals surface area contributed by atoms with Crippen LogP contribution in [0.2, 0.25) is 0 Å². The van der Waals surface area contributed by atoms with Gasteiger partial charge < -0.3 is 9.64 Å². The van der Waals surface area contributed by atoms with Crippen LogP contribution in [0.4, 0.5) is 0 Å². The van der Waals surface area contributed by atoms with Crippen LogP contribution >= 0.6 is 0 Å². The van der Waals surface area contributed by atoms with Gasteiger partial charge in [0.1, 0.15) is 5.60 Å². The highest BCUT2D eigenvalue weighted by atomic mass is 16.6. The van der Waals surface area contributed by atoms with Crippen LogP contribution in [0.25, 0.3) is 0 Å². The molecule has 1 aromatic carbocycles. The van der Waals surface area contributed by atoms with Crippen molar-refractivity contribution in [2.75, 3.05) is 14.1 Å². The van der Waals surface area contributed by atoms with Crippen molar-refractivity contribution >= 4 is 5.97 Å². The van der Waals surface area contributed by atoms with Crippen molar-refractivity contribution in [2.45, 2.75) is 43.2 Å². The lowest BCUT2D eigenvalue weighted by Crippen LogP contribution is -2.57. The SMILES string of the molecule is CN(C)C12C[C@@H]3C[C@@H](CC1(OC(=O)c1ccccc1)C3)C2. The third-order valence-corrected chi connectivity index (χ3v) is 6.16. The van der Waals surface area contributed by atoms with E-state index < -0.39 is 0 Å². The number of hydrogen-bond donors (Lipinski definition) is 0. The summed E-state index contributed by atoms with van der Waals surface area (Å²) < 4.78 is 6.19. The molecular formula is C18H23NO2. The predicted molar refractivity (Wildman–Crippen MR) is 81.1 cm³/mol. The molecule has 0 heterocycles. The first kappa shape index (κ1) is 13.3. The number of likely N-dealkylation sites (N-methyl/N-ethyl adjacent to an activating group) is 1. The highest BCUT2D eigenvalue weighted by Crippen LogP contribution is 2.66. The zero-order chi connectivity index (χ0) is 14.7. The van der Waals surface area contributed by atoms with E-state index >= 15 is 0 Å². The van der Waals surface area contributed by atoms with Gasteiger partial charge in [-0.15, -0.1) is 0 Å². The Morgan fingerprint density at radius 1 is 1.10 bits per heavy atom. The Balaban J connectivity index is 1.66. The highest BCUT2D eigenvalue weighted by molar-refractivity contribution is 5.89. The lowest BCUT2D eigenvalue weighted by Gasteiger charge is -2.44. The molecule has 0 N–H and O–H groups in total.